The number of carbonyl (C=O) groups is 2. The summed E-state index contributed by atoms with van der Waals surface area (Å²) in [6, 6.07) is 0. The smallest absolute Gasteiger partial charge is 0.334 e. The molecule has 3 atom stereocenters. The molecule has 0 bridgehead atoms. The molecule has 3 nitrogen and oxygen atoms in total. The van der Waals surface area contributed by atoms with Crippen LogP contribution in [0.5, 0.6) is 0 Å². The molecule has 0 aromatic carbocycles. The summed E-state index contributed by atoms with van der Waals surface area (Å²) in [5, 5.41) is 0. The fourth-order valence-corrected chi connectivity index (χ4v) is 2.68. The second-order valence-corrected chi connectivity index (χ2v) is 5.47. The van der Waals surface area contributed by atoms with E-state index in [-0.39, 0.29) is 29.7 Å². The molecule has 0 radical (unpaired) electrons. The molecule has 18 heavy (non-hydrogen) atoms. The van der Waals surface area contributed by atoms with Crippen molar-refractivity contribution in [3.8, 4) is 0 Å². The molecule has 1 aliphatic heterocycles. The summed E-state index contributed by atoms with van der Waals surface area (Å²) in [4.78, 5) is 23.5. The predicted molar refractivity (Wildman–Crippen MR) is 68.9 cm³/mol. The van der Waals surface area contributed by atoms with E-state index in [2.05, 4.69) is 6.58 Å². The van der Waals surface area contributed by atoms with E-state index >= 15 is 0 Å². The fraction of sp³-hybridized carbons (Fsp3) is 0.600. The minimum absolute atomic E-state index is 0.0571. The Hall–Kier alpha value is -1.38. The van der Waals surface area contributed by atoms with Crippen molar-refractivity contribution in [1.82, 2.24) is 0 Å². The Bertz CT molecular complexity index is 419. The molecule has 0 unspecified atom stereocenters. The first-order chi connectivity index (χ1) is 8.49. The van der Waals surface area contributed by atoms with Gasteiger partial charge in [-0.2, -0.15) is 0 Å². The van der Waals surface area contributed by atoms with Gasteiger partial charge in [-0.3, -0.25) is 4.79 Å². The van der Waals surface area contributed by atoms with Gasteiger partial charge in [0.15, 0.2) is 0 Å². The van der Waals surface area contributed by atoms with Gasteiger partial charge in [-0.05, 0) is 26.2 Å². The van der Waals surface area contributed by atoms with Crippen LogP contribution in [0, 0.1) is 11.8 Å². The predicted octanol–water partition coefficient (Wildman–Crippen LogP) is 2.81. The minimum atomic E-state index is -0.287. The summed E-state index contributed by atoms with van der Waals surface area (Å²) in [5.41, 5.74) is 1.79. The average Bonchev–Trinajstić information content (AvgIpc) is 2.59. The number of hydrogen-bond donors (Lipinski definition) is 0. The number of esters is 1. The normalized spacial score (nSPS) is 36.7. The topological polar surface area (TPSA) is 43.4 Å². The monoisotopic (exact) mass is 248 g/mol. The maximum atomic E-state index is 11.9. The van der Waals surface area contributed by atoms with E-state index < -0.39 is 0 Å². The lowest BCUT2D eigenvalue weighted by molar-refractivity contribution is -0.140. The lowest BCUT2D eigenvalue weighted by atomic mass is 9.83. The van der Waals surface area contributed by atoms with Gasteiger partial charge in [-0.1, -0.05) is 25.2 Å². The van der Waals surface area contributed by atoms with Crippen LogP contribution in [0.4, 0.5) is 0 Å². The van der Waals surface area contributed by atoms with Gasteiger partial charge < -0.3 is 4.74 Å². The van der Waals surface area contributed by atoms with Crippen LogP contribution in [-0.2, 0) is 14.3 Å². The molecule has 0 aromatic heterocycles. The molecule has 1 heterocycles. The van der Waals surface area contributed by atoms with Gasteiger partial charge in [-0.25, -0.2) is 4.79 Å². The number of Topliss-reactive ketones (excluding diaryl/α,β-unsaturated/α-hetero) is 1. The molecular weight excluding hydrogens is 228 g/mol. The highest BCUT2D eigenvalue weighted by atomic mass is 16.6. The van der Waals surface area contributed by atoms with Crippen molar-refractivity contribution in [1.29, 1.82) is 0 Å². The highest BCUT2D eigenvalue weighted by Crippen LogP contribution is 2.35. The van der Waals surface area contributed by atoms with Crippen molar-refractivity contribution in [2.24, 2.45) is 11.8 Å². The van der Waals surface area contributed by atoms with Crippen LogP contribution in [0.1, 0.15) is 39.5 Å². The zero-order valence-electron chi connectivity index (χ0n) is 11.1. The van der Waals surface area contributed by atoms with Gasteiger partial charge in [0.1, 0.15) is 11.9 Å². The highest BCUT2D eigenvalue weighted by molar-refractivity contribution is 5.91. The standard InChI is InChI=1S/C15H20O3/c1-9-4-6-12-11(3)15(17)18-14(12)8-10(2)13(16)7-5-9/h5,10,12,14H,3-4,6-8H2,1-2H3/b9-5-/t10-,12-,14-/m1/s1. The summed E-state index contributed by atoms with van der Waals surface area (Å²) in [6.45, 7) is 7.79. The van der Waals surface area contributed by atoms with Crippen LogP contribution in [0.25, 0.3) is 0 Å². The first-order valence-corrected chi connectivity index (χ1v) is 6.57. The van der Waals surface area contributed by atoms with E-state index in [1.54, 1.807) is 0 Å². The summed E-state index contributed by atoms with van der Waals surface area (Å²) in [5.74, 6) is -0.0401. The molecule has 3 heteroatoms. The Morgan fingerprint density at radius 3 is 2.83 bits per heavy atom. The third kappa shape index (κ3) is 2.55. The number of hydrogen-bond acceptors (Lipinski definition) is 3. The average molecular weight is 248 g/mol. The van der Waals surface area contributed by atoms with Gasteiger partial charge >= 0.3 is 5.97 Å². The number of allylic oxidation sites excluding steroid dienone is 2. The SMILES string of the molecule is C=C1C(=O)O[C@@H]2C[C@@H](C)C(=O)C/C=C(/C)CC[C@H]12. The summed E-state index contributed by atoms with van der Waals surface area (Å²) < 4.78 is 5.35. The number of ether oxygens (including phenoxy) is 1. The summed E-state index contributed by atoms with van der Waals surface area (Å²) >= 11 is 0. The zero-order chi connectivity index (χ0) is 13.3. The fourth-order valence-electron chi connectivity index (χ4n) is 2.68. The van der Waals surface area contributed by atoms with Crippen molar-refractivity contribution in [2.75, 3.05) is 0 Å². The molecule has 2 rings (SSSR count). The van der Waals surface area contributed by atoms with Gasteiger partial charge in [0.05, 0.1) is 0 Å². The molecule has 2 aliphatic rings. The largest absolute Gasteiger partial charge is 0.458 e. The molecule has 0 spiro atoms. The number of carbonyl (C=O) groups excluding carboxylic acids is 2. The second kappa shape index (κ2) is 5.09. The molecule has 1 fully saturated rings. The zero-order valence-corrected chi connectivity index (χ0v) is 11.1. The lowest BCUT2D eigenvalue weighted by Gasteiger charge is -2.22. The minimum Gasteiger partial charge on any atom is -0.458 e. The van der Waals surface area contributed by atoms with Crippen LogP contribution in [0.3, 0.4) is 0 Å². The van der Waals surface area contributed by atoms with E-state index in [1.165, 1.54) is 5.57 Å². The molecule has 0 saturated carbocycles. The third-order valence-electron chi connectivity index (χ3n) is 4.05. The van der Waals surface area contributed by atoms with Crippen LogP contribution in [0.15, 0.2) is 23.8 Å². The molecular formula is C15H20O3. The van der Waals surface area contributed by atoms with Crippen LogP contribution in [0.2, 0.25) is 0 Å². The molecule has 0 N–H and O–H groups in total. The van der Waals surface area contributed by atoms with E-state index in [9.17, 15) is 9.59 Å². The van der Waals surface area contributed by atoms with Crippen molar-refractivity contribution in [3.05, 3.63) is 23.8 Å². The molecule has 0 amide bonds. The summed E-state index contributed by atoms with van der Waals surface area (Å²) in [6.07, 6.45) is 4.77. The Balaban J connectivity index is 2.22. The first-order valence-electron chi connectivity index (χ1n) is 6.57. The van der Waals surface area contributed by atoms with Crippen LogP contribution < -0.4 is 0 Å². The highest BCUT2D eigenvalue weighted by Gasteiger charge is 2.39. The van der Waals surface area contributed by atoms with Gasteiger partial charge in [-0.15, -0.1) is 0 Å². The van der Waals surface area contributed by atoms with Crippen molar-refractivity contribution in [3.63, 3.8) is 0 Å². The van der Waals surface area contributed by atoms with E-state index in [0.717, 1.165) is 12.8 Å². The molecule has 1 saturated heterocycles. The Kier molecular flexibility index (Phi) is 3.69. The number of fused-ring (bicyclic) bond motifs is 1. The van der Waals surface area contributed by atoms with Crippen molar-refractivity contribution < 1.29 is 14.3 Å². The summed E-state index contributed by atoms with van der Waals surface area (Å²) in [7, 11) is 0. The molecule has 98 valence electrons. The Morgan fingerprint density at radius 1 is 1.39 bits per heavy atom. The van der Waals surface area contributed by atoms with E-state index in [0.29, 0.717) is 18.4 Å². The maximum absolute atomic E-state index is 11.9. The van der Waals surface area contributed by atoms with Crippen molar-refractivity contribution >= 4 is 11.8 Å². The van der Waals surface area contributed by atoms with E-state index in [1.807, 2.05) is 19.9 Å². The first kappa shape index (κ1) is 13.1. The quantitative estimate of drug-likeness (QED) is 0.376. The van der Waals surface area contributed by atoms with Gasteiger partial charge in [0, 0.05) is 23.8 Å². The third-order valence-corrected chi connectivity index (χ3v) is 4.05. The number of rotatable bonds is 0. The second-order valence-electron chi connectivity index (χ2n) is 5.47. The van der Waals surface area contributed by atoms with Gasteiger partial charge in [0.25, 0.3) is 0 Å². The van der Waals surface area contributed by atoms with E-state index in [4.69, 9.17) is 4.74 Å². The molecule has 1 aliphatic carbocycles. The van der Waals surface area contributed by atoms with Crippen molar-refractivity contribution in [2.45, 2.75) is 45.6 Å². The lowest BCUT2D eigenvalue weighted by Crippen LogP contribution is -2.24. The number of ketones is 1. The Morgan fingerprint density at radius 2 is 2.11 bits per heavy atom. The Labute approximate surface area is 108 Å². The molecule has 0 aromatic rings. The van der Waals surface area contributed by atoms with Crippen LogP contribution in [-0.4, -0.2) is 17.9 Å². The maximum Gasteiger partial charge on any atom is 0.334 e. The van der Waals surface area contributed by atoms with Gasteiger partial charge in [0.2, 0.25) is 0 Å². The van der Waals surface area contributed by atoms with Crippen LogP contribution >= 0.6 is 0 Å².